The molecule has 0 aromatic heterocycles. The topological polar surface area (TPSA) is 0 Å². The van der Waals surface area contributed by atoms with Crippen molar-refractivity contribution in [1.29, 1.82) is 0 Å². The van der Waals surface area contributed by atoms with Crippen LogP contribution in [0.4, 0.5) is 0 Å². The Morgan fingerprint density at radius 1 is 1.25 bits per heavy atom. The molecule has 0 aliphatic heterocycles. The molecule has 2 radical (unpaired) electrons. The predicted molar refractivity (Wildman–Crippen MR) is 1.11 cm³/mol. The van der Waals surface area contributed by atoms with E-state index in [0.29, 0.717) is 0 Å². The Morgan fingerprint density at radius 2 is 1.25 bits per heavy atom. The Labute approximate surface area is 88.1 Å². The molecule has 0 fully saturated rings. The molecule has 0 unspecified atom stereocenters. The summed E-state index contributed by atoms with van der Waals surface area (Å²) in [7, 11) is 0. The summed E-state index contributed by atoms with van der Waals surface area (Å²) in [6.45, 7) is 0. The first-order valence-corrected chi connectivity index (χ1v) is 0. The molecule has 0 aromatic carbocycles. The zero-order chi connectivity index (χ0) is 0. The van der Waals surface area contributed by atoms with Crippen LogP contribution in [-0.4, -0.2) is 0 Å². The normalized spacial score (nSPS) is 0. The SMILES string of the molecule is [Ag].[Cu].[H+].[Hg].[Pt]. The van der Waals surface area contributed by atoms with Crippen molar-refractivity contribution in [3.05, 3.63) is 0 Å². The minimum Gasteiger partial charge on any atom is 0 e. The average Bonchev–Trinajstić information content (AvgIpc) is 0. The molecule has 34 valence electrons. The van der Waals surface area contributed by atoms with Crippen LogP contribution >= 0.6 is 0 Å². The summed E-state index contributed by atoms with van der Waals surface area (Å²) in [5.41, 5.74) is 0. The van der Waals surface area contributed by atoms with Gasteiger partial charge in [-0.25, -0.2) is 0 Å². The molecule has 0 amide bonds. The van der Waals surface area contributed by atoms with Gasteiger partial charge in [-0.15, -0.1) is 0 Å². The van der Waals surface area contributed by atoms with Crippen LogP contribution in [0.3, 0.4) is 0 Å². The summed E-state index contributed by atoms with van der Waals surface area (Å²) in [6.07, 6.45) is 0. The monoisotopic (exact) mass is 568 g/mol. The minimum atomic E-state index is 0. The van der Waals surface area contributed by atoms with Gasteiger partial charge in [-0.05, 0) is 0 Å². The molecule has 0 aromatic rings. The van der Waals surface area contributed by atoms with Crippen molar-refractivity contribution in [2.45, 2.75) is 0 Å². The predicted octanol–water partition coefficient (Wildman–Crippen LogP) is 0.102. The summed E-state index contributed by atoms with van der Waals surface area (Å²) in [6, 6.07) is 0. The van der Waals surface area contributed by atoms with Crippen LogP contribution in [0, 0.1) is 0 Å². The van der Waals surface area contributed by atoms with E-state index < -0.39 is 0 Å². The Kier molecular flexibility index (Phi) is 121. The van der Waals surface area contributed by atoms with Crippen LogP contribution in [0.5, 0.6) is 0 Å². The average molecular weight is 568 g/mol. The summed E-state index contributed by atoms with van der Waals surface area (Å²) in [4.78, 5) is 0. The van der Waals surface area contributed by atoms with E-state index in [-0.39, 0.29) is 89.6 Å². The molecule has 0 saturated heterocycles. The molecule has 0 rings (SSSR count). The van der Waals surface area contributed by atoms with Crippen molar-refractivity contribution >= 4 is 0 Å². The van der Waals surface area contributed by atoms with Crippen LogP contribution in [-0.2, 0) is 88.2 Å². The van der Waals surface area contributed by atoms with Crippen LogP contribution < -0.4 is 0 Å². The van der Waals surface area contributed by atoms with E-state index in [1.165, 1.54) is 0 Å². The van der Waals surface area contributed by atoms with Crippen LogP contribution in [0.15, 0.2) is 0 Å². The fourth-order valence-corrected chi connectivity index (χ4v) is 0. The van der Waals surface area contributed by atoms with Gasteiger partial charge >= 0.3 is 1.43 Å². The maximum atomic E-state index is 0. The molecule has 0 spiro atoms. The molecule has 0 nitrogen and oxygen atoms in total. The molecule has 0 aliphatic rings. The van der Waals surface area contributed by atoms with Gasteiger partial charge in [0.05, 0.1) is 0 Å². The zero-order valence-electron chi connectivity index (χ0n) is 2.63. The van der Waals surface area contributed by atoms with Crippen LogP contribution in [0.2, 0.25) is 0 Å². The fraction of sp³-hybridized carbons (Fsp3) is 0. The van der Waals surface area contributed by atoms with Gasteiger partial charge in [0.2, 0.25) is 0 Å². The first-order valence-electron chi connectivity index (χ1n) is 0. The van der Waals surface area contributed by atoms with Crippen molar-refractivity contribution in [3.8, 4) is 0 Å². The molecule has 0 aliphatic carbocycles. The smallest absolute Gasteiger partial charge is 0 e. The minimum absolute atomic E-state index is 0. The quantitative estimate of drug-likeness (QED) is 0.365. The van der Waals surface area contributed by atoms with Crippen LogP contribution in [0.1, 0.15) is 1.43 Å². The van der Waals surface area contributed by atoms with Gasteiger partial charge in [0.25, 0.3) is 0 Å². The largest absolute Gasteiger partial charge is 1.00 e. The van der Waals surface area contributed by atoms with Gasteiger partial charge in [0.15, 0.2) is 0 Å². The third kappa shape index (κ3) is 8.86. The van der Waals surface area contributed by atoms with E-state index in [2.05, 4.69) is 0 Å². The molecule has 0 saturated carbocycles. The van der Waals surface area contributed by atoms with Crippen molar-refractivity contribution in [2.75, 3.05) is 0 Å². The van der Waals surface area contributed by atoms with E-state index in [4.69, 9.17) is 0 Å². The van der Waals surface area contributed by atoms with E-state index in [9.17, 15) is 0 Å². The Balaban J connectivity index is 0. The van der Waals surface area contributed by atoms with Gasteiger partial charge in [0, 0.05) is 88.2 Å². The molecular weight excluding hydrogens is 567 g/mol. The summed E-state index contributed by atoms with van der Waals surface area (Å²) < 4.78 is 0. The number of hydrogen-bond donors (Lipinski definition) is 0. The Hall–Kier alpha value is 2.88. The maximum Gasteiger partial charge on any atom is 1.00 e. The Bertz CT molecular complexity index is 11.6. The van der Waals surface area contributed by atoms with Gasteiger partial charge < -0.3 is 0 Å². The molecule has 0 atom stereocenters. The van der Waals surface area contributed by atoms with Crippen molar-refractivity contribution in [3.63, 3.8) is 0 Å². The first kappa shape index (κ1) is 28.7. The molecule has 0 heterocycles. The first-order chi connectivity index (χ1) is 0. The van der Waals surface area contributed by atoms with E-state index in [1.807, 2.05) is 0 Å². The van der Waals surface area contributed by atoms with E-state index >= 15 is 0 Å². The maximum absolute atomic E-state index is 0. The number of rotatable bonds is 0. The van der Waals surface area contributed by atoms with Crippen molar-refractivity contribution < 1.29 is 89.6 Å². The van der Waals surface area contributed by atoms with Crippen molar-refractivity contribution in [2.24, 2.45) is 0 Å². The third-order valence-corrected chi connectivity index (χ3v) is 0. The standard InChI is InChI=1S/Ag.Cu.Hg.Pt/p+1. The summed E-state index contributed by atoms with van der Waals surface area (Å²) in [5, 5.41) is 0. The molecule has 0 bridgehead atoms. The Morgan fingerprint density at radius 3 is 1.25 bits per heavy atom. The van der Waals surface area contributed by atoms with Gasteiger partial charge in [-0.2, -0.15) is 0 Å². The molecule has 4 heteroatoms. The second-order valence-corrected chi connectivity index (χ2v) is 0. The van der Waals surface area contributed by atoms with Crippen molar-refractivity contribution in [1.82, 2.24) is 0 Å². The summed E-state index contributed by atoms with van der Waals surface area (Å²) >= 11 is 0. The van der Waals surface area contributed by atoms with E-state index in [1.54, 1.807) is 0 Å². The third-order valence-electron chi connectivity index (χ3n) is 0. The van der Waals surface area contributed by atoms with E-state index in [0.717, 1.165) is 0 Å². The second-order valence-electron chi connectivity index (χ2n) is 0. The van der Waals surface area contributed by atoms with Gasteiger partial charge in [-0.3, -0.25) is 0 Å². The van der Waals surface area contributed by atoms with Gasteiger partial charge in [-0.1, -0.05) is 0 Å². The molecule has 4 heavy (non-hydrogen) atoms. The zero-order valence-corrected chi connectivity index (χ0v) is 11.8. The van der Waals surface area contributed by atoms with Gasteiger partial charge in [0.1, 0.15) is 0 Å². The van der Waals surface area contributed by atoms with Crippen LogP contribution in [0.25, 0.3) is 0 Å². The molecule has 0 N–H and O–H groups in total. The summed E-state index contributed by atoms with van der Waals surface area (Å²) in [5.74, 6) is 0. The second kappa shape index (κ2) is 16.9. The molecular formula is HAgCuHgPt+. The fourth-order valence-electron chi connectivity index (χ4n) is 0. The number of hydrogen-bond acceptors (Lipinski definition) is 0.